The summed E-state index contributed by atoms with van der Waals surface area (Å²) < 4.78 is 5.99. The quantitative estimate of drug-likeness (QED) is 0.831. The van der Waals surface area contributed by atoms with Gasteiger partial charge < -0.3 is 9.57 Å². The molecule has 0 fully saturated rings. The van der Waals surface area contributed by atoms with Crippen LogP contribution in [-0.4, -0.2) is 18.3 Å². The summed E-state index contributed by atoms with van der Waals surface area (Å²) in [5, 5.41) is 2.70. The molecule has 1 aromatic carbocycles. The molecule has 1 rings (SSSR count). The van der Waals surface area contributed by atoms with Crippen molar-refractivity contribution in [3.63, 3.8) is 0 Å². The van der Waals surface area contributed by atoms with Gasteiger partial charge in [0.25, 0.3) is 0 Å². The van der Waals surface area contributed by atoms with E-state index >= 15 is 0 Å². The van der Waals surface area contributed by atoms with E-state index in [4.69, 9.17) is 10.6 Å². The second kappa shape index (κ2) is 6.88. The van der Waals surface area contributed by atoms with Gasteiger partial charge in [-0.15, -0.1) is 0 Å². The van der Waals surface area contributed by atoms with Gasteiger partial charge in [-0.1, -0.05) is 6.07 Å². The van der Waals surface area contributed by atoms with Crippen LogP contribution in [-0.2, 0) is 16.0 Å². The molecule has 5 nitrogen and oxygen atoms in total. The molecule has 0 spiro atoms. The number of nitrogens with two attached hydrogens (primary N) is 1. The van der Waals surface area contributed by atoms with E-state index in [2.05, 4.69) is 26.1 Å². The normalized spacial score (nSPS) is 11.2. The van der Waals surface area contributed by atoms with Crippen LogP contribution in [0.15, 0.2) is 22.7 Å². The molecule has 0 aromatic heterocycles. The van der Waals surface area contributed by atoms with Gasteiger partial charge in [0.2, 0.25) is 0 Å². The highest BCUT2D eigenvalue weighted by Crippen LogP contribution is 2.24. The average Bonchev–Trinajstić information content (AvgIpc) is 2.27. The maximum Gasteiger partial charge on any atom is 0.412 e. The first-order chi connectivity index (χ1) is 8.81. The van der Waals surface area contributed by atoms with Crippen molar-refractivity contribution < 1.29 is 14.4 Å². The summed E-state index contributed by atoms with van der Waals surface area (Å²) in [4.78, 5) is 16.2. The zero-order chi connectivity index (χ0) is 14.5. The summed E-state index contributed by atoms with van der Waals surface area (Å²) in [5.74, 6) is 5.00. The minimum Gasteiger partial charge on any atom is -0.444 e. The summed E-state index contributed by atoms with van der Waals surface area (Å²) in [6.45, 7) is 5.87. The molecule has 0 bridgehead atoms. The Labute approximate surface area is 121 Å². The van der Waals surface area contributed by atoms with Crippen LogP contribution >= 0.6 is 15.9 Å². The van der Waals surface area contributed by atoms with Crippen molar-refractivity contribution in [3.8, 4) is 0 Å². The van der Waals surface area contributed by atoms with Crippen LogP contribution in [0.3, 0.4) is 0 Å². The maximum atomic E-state index is 11.7. The van der Waals surface area contributed by atoms with Gasteiger partial charge in [-0.3, -0.25) is 5.32 Å². The van der Waals surface area contributed by atoms with E-state index in [1.807, 2.05) is 39.0 Å². The Morgan fingerprint density at radius 1 is 1.42 bits per heavy atom. The van der Waals surface area contributed by atoms with E-state index in [1.54, 1.807) is 0 Å². The first-order valence-electron chi connectivity index (χ1n) is 5.92. The molecular weight excluding hydrogens is 312 g/mol. The van der Waals surface area contributed by atoms with Gasteiger partial charge in [0.05, 0.1) is 12.3 Å². The monoisotopic (exact) mass is 330 g/mol. The van der Waals surface area contributed by atoms with Crippen LogP contribution in [0.2, 0.25) is 0 Å². The second-order valence-corrected chi connectivity index (χ2v) is 5.92. The van der Waals surface area contributed by atoms with E-state index in [-0.39, 0.29) is 0 Å². The molecule has 106 valence electrons. The highest BCUT2D eigenvalue weighted by Gasteiger charge is 2.17. The Hall–Kier alpha value is -1.11. The number of nitrogens with one attached hydrogen (secondary N) is 1. The van der Waals surface area contributed by atoms with Crippen molar-refractivity contribution in [1.29, 1.82) is 0 Å². The van der Waals surface area contributed by atoms with Crippen LogP contribution in [0.4, 0.5) is 10.5 Å². The number of carbonyl (C=O) groups is 1. The Bertz CT molecular complexity index is 444. The number of benzene rings is 1. The summed E-state index contributed by atoms with van der Waals surface area (Å²) in [5.41, 5.74) is 1.14. The van der Waals surface area contributed by atoms with Gasteiger partial charge in [-0.2, -0.15) is 0 Å². The molecule has 19 heavy (non-hydrogen) atoms. The molecule has 1 aromatic rings. The zero-order valence-corrected chi connectivity index (χ0v) is 12.9. The lowest BCUT2D eigenvalue weighted by Crippen LogP contribution is -2.27. The minimum atomic E-state index is -0.526. The molecule has 0 unspecified atom stereocenters. The van der Waals surface area contributed by atoms with Crippen LogP contribution in [0.25, 0.3) is 0 Å². The lowest BCUT2D eigenvalue weighted by atomic mass is 10.1. The summed E-state index contributed by atoms with van der Waals surface area (Å²) >= 11 is 3.38. The standard InChI is InChI=1S/C13H19BrN2O3/c1-13(2,3)19-12(17)16-11-8-9(6-7-18-15)4-5-10(11)14/h4-5,8H,6-7,15H2,1-3H3,(H,16,17). The van der Waals surface area contributed by atoms with Gasteiger partial charge in [-0.25, -0.2) is 10.7 Å². The molecular formula is C13H19BrN2O3. The van der Waals surface area contributed by atoms with Crippen LogP contribution in [0.5, 0.6) is 0 Å². The third-order valence-corrected chi connectivity index (χ3v) is 2.87. The van der Waals surface area contributed by atoms with Crippen molar-refractivity contribution in [2.75, 3.05) is 11.9 Å². The highest BCUT2D eigenvalue weighted by molar-refractivity contribution is 9.10. The first-order valence-corrected chi connectivity index (χ1v) is 6.71. The van der Waals surface area contributed by atoms with Crippen LogP contribution < -0.4 is 11.2 Å². The lowest BCUT2D eigenvalue weighted by molar-refractivity contribution is 0.0636. The fourth-order valence-electron chi connectivity index (χ4n) is 1.41. The van der Waals surface area contributed by atoms with E-state index in [9.17, 15) is 4.79 Å². The maximum absolute atomic E-state index is 11.7. The number of carbonyl (C=O) groups excluding carboxylic acids is 1. The Morgan fingerprint density at radius 3 is 2.68 bits per heavy atom. The van der Waals surface area contributed by atoms with E-state index in [0.29, 0.717) is 18.7 Å². The molecule has 6 heteroatoms. The van der Waals surface area contributed by atoms with Crippen molar-refractivity contribution in [2.24, 2.45) is 5.90 Å². The van der Waals surface area contributed by atoms with Crippen LogP contribution in [0.1, 0.15) is 26.3 Å². The van der Waals surface area contributed by atoms with Crippen molar-refractivity contribution in [3.05, 3.63) is 28.2 Å². The fourth-order valence-corrected chi connectivity index (χ4v) is 1.76. The fraction of sp³-hybridized carbons (Fsp3) is 0.462. The van der Waals surface area contributed by atoms with Gasteiger partial charge in [0.15, 0.2) is 0 Å². The Kier molecular flexibility index (Phi) is 5.78. The molecule has 0 heterocycles. The number of rotatable bonds is 4. The molecule has 0 saturated carbocycles. The summed E-state index contributed by atoms with van der Waals surface area (Å²) in [6.07, 6.45) is 0.188. The number of hydrogen-bond donors (Lipinski definition) is 2. The number of halogens is 1. The van der Waals surface area contributed by atoms with Crippen LogP contribution in [0, 0.1) is 0 Å². The minimum absolute atomic E-state index is 0.424. The summed E-state index contributed by atoms with van der Waals surface area (Å²) in [7, 11) is 0. The van der Waals surface area contributed by atoms with Gasteiger partial charge in [0, 0.05) is 4.47 Å². The smallest absolute Gasteiger partial charge is 0.412 e. The third kappa shape index (κ3) is 6.04. The number of ether oxygens (including phenoxy) is 1. The number of amides is 1. The lowest BCUT2D eigenvalue weighted by Gasteiger charge is -2.20. The highest BCUT2D eigenvalue weighted by atomic mass is 79.9. The Balaban J connectivity index is 2.73. The Morgan fingerprint density at radius 2 is 2.11 bits per heavy atom. The topological polar surface area (TPSA) is 73.6 Å². The zero-order valence-electron chi connectivity index (χ0n) is 11.3. The second-order valence-electron chi connectivity index (χ2n) is 5.06. The molecule has 1 amide bonds. The average molecular weight is 331 g/mol. The molecule has 0 saturated heterocycles. The van der Waals surface area contributed by atoms with Crippen molar-refractivity contribution in [2.45, 2.75) is 32.8 Å². The predicted molar refractivity (Wildman–Crippen MR) is 77.8 cm³/mol. The van der Waals surface area contributed by atoms with E-state index < -0.39 is 11.7 Å². The molecule has 3 N–H and O–H groups in total. The van der Waals surface area contributed by atoms with Gasteiger partial charge in [-0.05, 0) is 60.8 Å². The molecule has 0 aliphatic heterocycles. The number of anilines is 1. The van der Waals surface area contributed by atoms with Crippen molar-refractivity contribution >= 4 is 27.7 Å². The molecule has 0 radical (unpaired) electrons. The molecule has 0 aliphatic rings. The van der Waals surface area contributed by atoms with Crippen molar-refractivity contribution in [1.82, 2.24) is 0 Å². The SMILES string of the molecule is CC(C)(C)OC(=O)Nc1cc(CCON)ccc1Br. The van der Waals surface area contributed by atoms with Gasteiger partial charge >= 0.3 is 6.09 Å². The largest absolute Gasteiger partial charge is 0.444 e. The molecule has 0 atom stereocenters. The summed E-state index contributed by atoms with van der Waals surface area (Å²) in [6, 6.07) is 5.65. The first kappa shape index (κ1) is 15.9. The van der Waals surface area contributed by atoms with E-state index in [1.165, 1.54) is 0 Å². The van der Waals surface area contributed by atoms with E-state index in [0.717, 1.165) is 10.0 Å². The molecule has 0 aliphatic carbocycles. The number of hydrogen-bond acceptors (Lipinski definition) is 4. The van der Waals surface area contributed by atoms with Gasteiger partial charge in [0.1, 0.15) is 5.60 Å². The third-order valence-electron chi connectivity index (χ3n) is 2.17. The predicted octanol–water partition coefficient (Wildman–Crippen LogP) is 3.23.